The first kappa shape index (κ1) is 13.8. The molecule has 1 saturated heterocycles. The Morgan fingerprint density at radius 1 is 1.48 bits per heavy atom. The van der Waals surface area contributed by atoms with E-state index in [-0.39, 0.29) is 24.2 Å². The molecule has 1 aromatic heterocycles. The Labute approximate surface area is 123 Å². The van der Waals surface area contributed by atoms with Gasteiger partial charge < -0.3 is 9.88 Å². The standard InChI is InChI=1S/C16H18FN3O/c1-11-10-18-16(19-11)14-7-4-8-20(14)15(21)9-12-5-2-3-6-13(12)17/h2-3,5-6,10,14H,4,7-9H2,1H3,(H,18,19)/t14-/m0/s1. The second kappa shape index (κ2) is 5.68. The largest absolute Gasteiger partial charge is 0.344 e. The molecule has 1 aromatic carbocycles. The molecule has 1 fully saturated rings. The molecule has 3 rings (SSSR count). The zero-order chi connectivity index (χ0) is 14.8. The molecular formula is C16H18FN3O. The summed E-state index contributed by atoms with van der Waals surface area (Å²) in [4.78, 5) is 21.8. The summed E-state index contributed by atoms with van der Waals surface area (Å²) in [6.07, 6.45) is 3.72. The van der Waals surface area contributed by atoms with E-state index in [0.29, 0.717) is 12.1 Å². The third-order valence-electron chi connectivity index (χ3n) is 3.91. The second-order valence-corrected chi connectivity index (χ2v) is 5.46. The van der Waals surface area contributed by atoms with Crippen LogP contribution in [0.1, 0.15) is 36.0 Å². The fourth-order valence-corrected chi connectivity index (χ4v) is 2.86. The van der Waals surface area contributed by atoms with Gasteiger partial charge >= 0.3 is 0 Å². The normalized spacial score (nSPS) is 18.2. The number of halogens is 1. The molecular weight excluding hydrogens is 269 g/mol. The number of hydrogen-bond acceptors (Lipinski definition) is 2. The van der Waals surface area contributed by atoms with Gasteiger partial charge in [-0.1, -0.05) is 18.2 Å². The zero-order valence-electron chi connectivity index (χ0n) is 12.0. The van der Waals surface area contributed by atoms with E-state index in [1.54, 1.807) is 24.4 Å². The number of rotatable bonds is 3. The predicted molar refractivity (Wildman–Crippen MR) is 77.1 cm³/mol. The predicted octanol–water partition coefficient (Wildman–Crippen LogP) is 2.76. The first-order valence-electron chi connectivity index (χ1n) is 7.19. The Kier molecular flexibility index (Phi) is 3.73. The molecule has 0 aliphatic carbocycles. The van der Waals surface area contributed by atoms with E-state index in [4.69, 9.17) is 0 Å². The van der Waals surface area contributed by atoms with Crippen LogP contribution in [0.2, 0.25) is 0 Å². The van der Waals surface area contributed by atoms with Crippen molar-refractivity contribution in [3.63, 3.8) is 0 Å². The zero-order valence-corrected chi connectivity index (χ0v) is 12.0. The third-order valence-corrected chi connectivity index (χ3v) is 3.91. The van der Waals surface area contributed by atoms with Gasteiger partial charge in [-0.25, -0.2) is 9.37 Å². The maximum Gasteiger partial charge on any atom is 0.227 e. The van der Waals surface area contributed by atoms with Crippen LogP contribution < -0.4 is 0 Å². The fourth-order valence-electron chi connectivity index (χ4n) is 2.86. The molecule has 21 heavy (non-hydrogen) atoms. The average molecular weight is 287 g/mol. The van der Waals surface area contributed by atoms with E-state index in [2.05, 4.69) is 9.97 Å². The van der Waals surface area contributed by atoms with Crippen LogP contribution in [0.5, 0.6) is 0 Å². The number of benzene rings is 1. The number of amides is 1. The summed E-state index contributed by atoms with van der Waals surface area (Å²) in [6, 6.07) is 6.42. The minimum atomic E-state index is -0.324. The number of aryl methyl sites for hydroxylation is 1. The van der Waals surface area contributed by atoms with Gasteiger partial charge in [0.25, 0.3) is 0 Å². The van der Waals surface area contributed by atoms with Crippen LogP contribution in [-0.2, 0) is 11.2 Å². The van der Waals surface area contributed by atoms with Gasteiger partial charge in [-0.2, -0.15) is 0 Å². The van der Waals surface area contributed by atoms with Crippen molar-refractivity contribution in [3.05, 3.63) is 53.4 Å². The summed E-state index contributed by atoms with van der Waals surface area (Å²) in [5, 5.41) is 0. The molecule has 4 nitrogen and oxygen atoms in total. The molecule has 2 heterocycles. The van der Waals surface area contributed by atoms with Crippen molar-refractivity contribution in [2.75, 3.05) is 6.54 Å². The van der Waals surface area contributed by atoms with Crippen LogP contribution >= 0.6 is 0 Å². The number of H-pyrrole nitrogens is 1. The second-order valence-electron chi connectivity index (χ2n) is 5.46. The van der Waals surface area contributed by atoms with Gasteiger partial charge in [0.2, 0.25) is 5.91 Å². The molecule has 0 spiro atoms. The van der Waals surface area contributed by atoms with Gasteiger partial charge in [-0.3, -0.25) is 4.79 Å². The molecule has 5 heteroatoms. The van der Waals surface area contributed by atoms with E-state index in [0.717, 1.165) is 24.4 Å². The number of carbonyl (C=O) groups excluding carboxylic acids is 1. The van der Waals surface area contributed by atoms with Crippen LogP contribution in [0.25, 0.3) is 0 Å². The SMILES string of the molecule is Cc1cnc([C@@H]2CCCN2C(=O)Cc2ccccc2F)[nH]1. The van der Waals surface area contributed by atoms with Crippen LogP contribution in [0.3, 0.4) is 0 Å². The monoisotopic (exact) mass is 287 g/mol. The van der Waals surface area contributed by atoms with Crippen LogP contribution in [0.15, 0.2) is 30.5 Å². The van der Waals surface area contributed by atoms with Crippen molar-refractivity contribution in [1.82, 2.24) is 14.9 Å². The van der Waals surface area contributed by atoms with Gasteiger partial charge in [0.15, 0.2) is 0 Å². The quantitative estimate of drug-likeness (QED) is 0.943. The van der Waals surface area contributed by atoms with Gasteiger partial charge in [-0.15, -0.1) is 0 Å². The highest BCUT2D eigenvalue weighted by molar-refractivity contribution is 5.79. The lowest BCUT2D eigenvalue weighted by atomic mass is 10.1. The van der Waals surface area contributed by atoms with Crippen molar-refractivity contribution in [2.45, 2.75) is 32.2 Å². The first-order chi connectivity index (χ1) is 10.1. The summed E-state index contributed by atoms with van der Waals surface area (Å²) < 4.78 is 13.7. The van der Waals surface area contributed by atoms with E-state index in [9.17, 15) is 9.18 Å². The molecule has 0 saturated carbocycles. The average Bonchev–Trinajstić information content (AvgIpc) is 3.09. The molecule has 2 aromatic rings. The Morgan fingerprint density at radius 3 is 3.00 bits per heavy atom. The number of aromatic amines is 1. The van der Waals surface area contributed by atoms with Crippen molar-refractivity contribution < 1.29 is 9.18 Å². The van der Waals surface area contributed by atoms with Crippen LogP contribution in [-0.4, -0.2) is 27.3 Å². The number of carbonyl (C=O) groups is 1. The Morgan fingerprint density at radius 2 is 2.29 bits per heavy atom. The molecule has 1 atom stereocenters. The fraction of sp³-hybridized carbons (Fsp3) is 0.375. The van der Waals surface area contributed by atoms with E-state index >= 15 is 0 Å². The smallest absolute Gasteiger partial charge is 0.227 e. The Balaban J connectivity index is 1.76. The van der Waals surface area contributed by atoms with E-state index < -0.39 is 0 Å². The molecule has 0 bridgehead atoms. The molecule has 0 radical (unpaired) electrons. The van der Waals surface area contributed by atoms with E-state index in [1.807, 2.05) is 11.8 Å². The van der Waals surface area contributed by atoms with Gasteiger partial charge in [0, 0.05) is 18.4 Å². The van der Waals surface area contributed by atoms with Crippen LogP contribution in [0.4, 0.5) is 4.39 Å². The number of hydrogen-bond donors (Lipinski definition) is 1. The highest BCUT2D eigenvalue weighted by Gasteiger charge is 2.31. The number of imidazole rings is 1. The number of likely N-dealkylation sites (tertiary alicyclic amines) is 1. The minimum Gasteiger partial charge on any atom is -0.344 e. The molecule has 1 aliphatic rings. The van der Waals surface area contributed by atoms with Crippen molar-refractivity contribution >= 4 is 5.91 Å². The van der Waals surface area contributed by atoms with Gasteiger partial charge in [-0.05, 0) is 31.4 Å². The van der Waals surface area contributed by atoms with Crippen LogP contribution in [0, 0.1) is 12.7 Å². The summed E-state index contributed by atoms with van der Waals surface area (Å²) in [6.45, 7) is 2.65. The summed E-state index contributed by atoms with van der Waals surface area (Å²) in [7, 11) is 0. The molecule has 1 N–H and O–H groups in total. The molecule has 110 valence electrons. The van der Waals surface area contributed by atoms with Crippen molar-refractivity contribution in [2.24, 2.45) is 0 Å². The molecule has 0 unspecified atom stereocenters. The molecule has 1 aliphatic heterocycles. The molecule has 1 amide bonds. The minimum absolute atomic E-state index is 0.0158. The van der Waals surface area contributed by atoms with E-state index in [1.165, 1.54) is 6.07 Å². The van der Waals surface area contributed by atoms with Crippen molar-refractivity contribution in [1.29, 1.82) is 0 Å². The Bertz CT molecular complexity index is 652. The topological polar surface area (TPSA) is 49.0 Å². The number of nitrogens with one attached hydrogen (secondary N) is 1. The van der Waals surface area contributed by atoms with Gasteiger partial charge in [0.1, 0.15) is 11.6 Å². The van der Waals surface area contributed by atoms with Crippen molar-refractivity contribution in [3.8, 4) is 0 Å². The van der Waals surface area contributed by atoms with Gasteiger partial charge in [0.05, 0.1) is 12.5 Å². The summed E-state index contributed by atoms with van der Waals surface area (Å²) in [5.41, 5.74) is 1.43. The number of nitrogens with zero attached hydrogens (tertiary/aromatic N) is 2. The highest BCUT2D eigenvalue weighted by atomic mass is 19.1. The Hall–Kier alpha value is -2.17. The summed E-state index contributed by atoms with van der Waals surface area (Å²) >= 11 is 0. The third kappa shape index (κ3) is 2.82. The first-order valence-corrected chi connectivity index (χ1v) is 7.19. The lowest BCUT2D eigenvalue weighted by Gasteiger charge is -2.23. The lowest BCUT2D eigenvalue weighted by molar-refractivity contribution is -0.131. The summed E-state index contributed by atoms with van der Waals surface area (Å²) in [5.74, 6) is 0.457. The maximum atomic E-state index is 13.7. The number of aromatic nitrogens is 2. The lowest BCUT2D eigenvalue weighted by Crippen LogP contribution is -2.32. The maximum absolute atomic E-state index is 13.7. The highest BCUT2D eigenvalue weighted by Crippen LogP contribution is 2.30.